The van der Waals surface area contributed by atoms with Gasteiger partial charge in [-0.15, -0.1) is 0 Å². The minimum Gasteiger partial charge on any atom is -0.497 e. The molecule has 0 saturated heterocycles. The van der Waals surface area contributed by atoms with Crippen LogP contribution in [0.25, 0.3) is 0 Å². The Labute approximate surface area is 247 Å². The van der Waals surface area contributed by atoms with Crippen LogP contribution >= 0.6 is 11.6 Å². The molecule has 1 atom stereocenters. The zero-order valence-electron chi connectivity index (χ0n) is 23.9. The summed E-state index contributed by atoms with van der Waals surface area (Å²) < 4.78 is 39.8. The maximum absolute atomic E-state index is 14.1. The molecule has 3 rings (SSSR count). The first-order valence-electron chi connectivity index (χ1n) is 13.2. The van der Waals surface area contributed by atoms with Gasteiger partial charge in [0.1, 0.15) is 24.1 Å². The van der Waals surface area contributed by atoms with Crippen molar-refractivity contribution in [1.82, 2.24) is 10.2 Å². The molecule has 0 saturated carbocycles. The van der Waals surface area contributed by atoms with E-state index in [1.807, 2.05) is 6.92 Å². The summed E-state index contributed by atoms with van der Waals surface area (Å²) in [5, 5.41) is 3.05. The van der Waals surface area contributed by atoms with E-state index in [4.69, 9.17) is 21.1 Å². The van der Waals surface area contributed by atoms with Crippen LogP contribution < -0.4 is 19.1 Å². The number of ether oxygens (including phenoxy) is 2. The number of methoxy groups -OCH3 is 2. The van der Waals surface area contributed by atoms with Crippen LogP contribution in [0.4, 0.5) is 5.69 Å². The van der Waals surface area contributed by atoms with Crippen molar-refractivity contribution in [2.24, 2.45) is 0 Å². The van der Waals surface area contributed by atoms with Gasteiger partial charge in [0, 0.05) is 18.1 Å². The van der Waals surface area contributed by atoms with Gasteiger partial charge in [-0.25, -0.2) is 8.42 Å². The zero-order valence-corrected chi connectivity index (χ0v) is 25.5. The zero-order chi connectivity index (χ0) is 30.2. The molecule has 0 aromatic heterocycles. The molecule has 41 heavy (non-hydrogen) atoms. The van der Waals surface area contributed by atoms with Gasteiger partial charge in [-0.1, -0.05) is 48.4 Å². The number of hydrogen-bond acceptors (Lipinski definition) is 6. The Hall–Kier alpha value is -3.76. The number of anilines is 1. The first kappa shape index (κ1) is 31.8. The smallest absolute Gasteiger partial charge is 0.264 e. The number of carbonyl (C=O) groups is 2. The number of halogens is 1. The minimum absolute atomic E-state index is 0.00426. The first-order valence-corrected chi connectivity index (χ1v) is 15.0. The van der Waals surface area contributed by atoms with Crippen LogP contribution in [-0.4, -0.2) is 58.5 Å². The summed E-state index contributed by atoms with van der Waals surface area (Å²) in [5.41, 5.74) is 1.73. The van der Waals surface area contributed by atoms with Crippen molar-refractivity contribution in [3.63, 3.8) is 0 Å². The number of nitrogens with one attached hydrogen (secondary N) is 1. The summed E-state index contributed by atoms with van der Waals surface area (Å²) in [7, 11) is -1.30. The molecule has 0 radical (unpaired) electrons. The van der Waals surface area contributed by atoms with Crippen molar-refractivity contribution in [2.75, 3.05) is 31.6 Å². The van der Waals surface area contributed by atoms with Crippen molar-refractivity contribution in [2.45, 2.75) is 44.7 Å². The van der Waals surface area contributed by atoms with Crippen molar-refractivity contribution in [3.8, 4) is 11.5 Å². The number of rotatable bonds is 13. The highest BCUT2D eigenvalue weighted by atomic mass is 35.5. The van der Waals surface area contributed by atoms with Crippen molar-refractivity contribution in [1.29, 1.82) is 0 Å². The second-order valence-corrected chi connectivity index (χ2v) is 11.6. The lowest BCUT2D eigenvalue weighted by Gasteiger charge is -2.33. The van der Waals surface area contributed by atoms with E-state index >= 15 is 0 Å². The maximum Gasteiger partial charge on any atom is 0.264 e. The predicted molar refractivity (Wildman–Crippen MR) is 160 cm³/mol. The highest BCUT2D eigenvalue weighted by Gasteiger charge is 2.34. The average Bonchev–Trinajstić information content (AvgIpc) is 2.96. The number of likely N-dealkylation sites (N-methyl/N-ethyl adjacent to an activating group) is 1. The van der Waals surface area contributed by atoms with E-state index in [0.717, 1.165) is 15.4 Å². The number of nitrogens with zero attached hydrogens (tertiary/aromatic N) is 2. The molecule has 0 bridgehead atoms. The highest BCUT2D eigenvalue weighted by molar-refractivity contribution is 7.92. The number of hydrogen-bond donors (Lipinski definition) is 1. The topological polar surface area (TPSA) is 105 Å². The van der Waals surface area contributed by atoms with E-state index in [0.29, 0.717) is 18.7 Å². The van der Waals surface area contributed by atoms with Gasteiger partial charge in [0.05, 0.1) is 24.8 Å². The molecule has 9 nitrogen and oxygen atoms in total. The van der Waals surface area contributed by atoms with E-state index in [1.54, 1.807) is 69.5 Å². The van der Waals surface area contributed by atoms with E-state index in [1.165, 1.54) is 30.2 Å². The van der Waals surface area contributed by atoms with Crippen LogP contribution in [-0.2, 0) is 26.2 Å². The second kappa shape index (κ2) is 14.2. The third kappa shape index (κ3) is 7.71. The number of benzene rings is 3. The fourth-order valence-corrected chi connectivity index (χ4v) is 5.93. The quantitative estimate of drug-likeness (QED) is 0.302. The molecule has 0 unspecified atom stereocenters. The van der Waals surface area contributed by atoms with Crippen molar-refractivity contribution >= 4 is 39.1 Å². The maximum atomic E-state index is 14.1. The molecule has 3 aromatic rings. The SMILES string of the molecule is CCNC(=O)[C@H](CC)N(Cc1ccc(OC)cc1)C(=O)CN(c1cc(Cl)ccc1OC)S(=O)(=O)c1ccc(C)cc1. The lowest BCUT2D eigenvalue weighted by Crippen LogP contribution is -2.52. The monoisotopic (exact) mass is 601 g/mol. The molecule has 0 heterocycles. The molecule has 0 fully saturated rings. The molecule has 0 aliphatic heterocycles. The largest absolute Gasteiger partial charge is 0.497 e. The normalized spacial score (nSPS) is 11.9. The summed E-state index contributed by atoms with van der Waals surface area (Å²) >= 11 is 6.28. The molecule has 0 spiro atoms. The van der Waals surface area contributed by atoms with Gasteiger partial charge in [0.25, 0.3) is 10.0 Å². The van der Waals surface area contributed by atoms with Gasteiger partial charge in [-0.3, -0.25) is 13.9 Å². The number of sulfonamides is 1. The summed E-state index contributed by atoms with van der Waals surface area (Å²) in [6, 6.07) is 17.2. The van der Waals surface area contributed by atoms with Crippen LogP contribution in [0.2, 0.25) is 5.02 Å². The number of aryl methyl sites for hydroxylation is 1. The van der Waals surface area contributed by atoms with Crippen molar-refractivity contribution in [3.05, 3.63) is 82.9 Å². The Morgan fingerprint density at radius 2 is 1.61 bits per heavy atom. The third-order valence-corrected chi connectivity index (χ3v) is 8.56. The third-order valence-electron chi connectivity index (χ3n) is 6.55. The second-order valence-electron chi connectivity index (χ2n) is 9.33. The summed E-state index contributed by atoms with van der Waals surface area (Å²) in [5.74, 6) is -0.0389. The van der Waals surface area contributed by atoms with E-state index in [-0.39, 0.29) is 33.8 Å². The Morgan fingerprint density at radius 3 is 2.17 bits per heavy atom. The standard InChI is InChI=1S/C30H36ClN3O6S/c1-6-26(30(36)32-7-2)33(19-22-10-13-24(39-4)14-11-22)29(35)20-34(27-18-23(31)12-17-28(27)40-5)41(37,38)25-15-8-21(3)9-16-25/h8-18,26H,6-7,19-20H2,1-5H3,(H,32,36)/t26-/m0/s1. The summed E-state index contributed by atoms with van der Waals surface area (Å²) in [6.07, 6.45) is 0.318. The summed E-state index contributed by atoms with van der Waals surface area (Å²) in [6.45, 7) is 5.30. The summed E-state index contributed by atoms with van der Waals surface area (Å²) in [4.78, 5) is 28.6. The van der Waals surface area contributed by atoms with Crippen LogP contribution in [0.5, 0.6) is 11.5 Å². The minimum atomic E-state index is -4.26. The van der Waals surface area contributed by atoms with E-state index in [2.05, 4.69) is 5.32 Å². The number of carbonyl (C=O) groups excluding carboxylic acids is 2. The Morgan fingerprint density at radius 1 is 0.951 bits per heavy atom. The Balaban J connectivity index is 2.12. The van der Waals surface area contributed by atoms with E-state index < -0.39 is 28.5 Å². The molecule has 0 aliphatic rings. The van der Waals surface area contributed by atoms with Crippen LogP contribution in [0.3, 0.4) is 0 Å². The van der Waals surface area contributed by atoms with Crippen LogP contribution in [0.1, 0.15) is 31.4 Å². The Bertz CT molecular complexity index is 1450. The van der Waals surface area contributed by atoms with Gasteiger partial charge < -0.3 is 19.7 Å². The van der Waals surface area contributed by atoms with E-state index in [9.17, 15) is 18.0 Å². The van der Waals surface area contributed by atoms with Gasteiger partial charge in [-0.2, -0.15) is 0 Å². The molecule has 1 N–H and O–H groups in total. The lowest BCUT2D eigenvalue weighted by atomic mass is 10.1. The Kier molecular flexibility index (Phi) is 11.0. The predicted octanol–water partition coefficient (Wildman–Crippen LogP) is 4.80. The van der Waals surface area contributed by atoms with Gasteiger partial charge in [0.2, 0.25) is 11.8 Å². The molecule has 11 heteroatoms. The molecule has 2 amide bonds. The first-order chi connectivity index (χ1) is 19.5. The molecule has 220 valence electrons. The van der Waals surface area contributed by atoms with Gasteiger partial charge in [-0.05, 0) is 68.3 Å². The van der Waals surface area contributed by atoms with Crippen LogP contribution in [0, 0.1) is 6.92 Å². The van der Waals surface area contributed by atoms with Gasteiger partial charge >= 0.3 is 0 Å². The van der Waals surface area contributed by atoms with Gasteiger partial charge in [0.15, 0.2) is 0 Å². The fourth-order valence-electron chi connectivity index (χ4n) is 4.35. The molecular weight excluding hydrogens is 566 g/mol. The molecule has 0 aliphatic carbocycles. The number of amides is 2. The fraction of sp³-hybridized carbons (Fsp3) is 0.333. The molecule has 3 aromatic carbocycles. The molecular formula is C30H36ClN3O6S. The highest BCUT2D eigenvalue weighted by Crippen LogP contribution is 2.35. The lowest BCUT2D eigenvalue weighted by molar-refractivity contribution is -0.140. The average molecular weight is 602 g/mol. The van der Waals surface area contributed by atoms with Crippen LogP contribution in [0.15, 0.2) is 71.6 Å². The van der Waals surface area contributed by atoms with Crippen molar-refractivity contribution < 1.29 is 27.5 Å².